The van der Waals surface area contributed by atoms with Crippen LogP contribution in [0.2, 0.25) is 0 Å². The van der Waals surface area contributed by atoms with Gasteiger partial charge in [-0.1, -0.05) is 0 Å². The summed E-state index contributed by atoms with van der Waals surface area (Å²) < 4.78 is 0.799. The maximum Gasteiger partial charge on any atom is 0.226 e. The van der Waals surface area contributed by atoms with Gasteiger partial charge >= 0.3 is 0 Å². The standard InChI is InChI=1S/C9H14N3O/c1-12(13)7-9(6-10)8-2-4-11-5-3-8/h11H,2-5,7H2,1H3/q+1. The van der Waals surface area contributed by atoms with Gasteiger partial charge in [-0.05, 0) is 31.5 Å². The number of nitriles is 1. The number of nitrogens with one attached hydrogen (secondary N) is 1. The van der Waals surface area contributed by atoms with Gasteiger partial charge in [0.2, 0.25) is 6.54 Å². The Morgan fingerprint density at radius 3 is 2.69 bits per heavy atom. The Labute approximate surface area is 77.8 Å². The van der Waals surface area contributed by atoms with E-state index in [0.29, 0.717) is 5.57 Å². The van der Waals surface area contributed by atoms with E-state index < -0.39 is 0 Å². The average Bonchev–Trinajstić information content (AvgIpc) is 2.15. The molecule has 1 fully saturated rings. The summed E-state index contributed by atoms with van der Waals surface area (Å²) in [5, 5.41) is 12.0. The molecule has 0 atom stereocenters. The summed E-state index contributed by atoms with van der Waals surface area (Å²) in [6.07, 6.45) is 1.80. The molecule has 0 amide bonds. The minimum absolute atomic E-state index is 0.228. The fourth-order valence-corrected chi connectivity index (χ4v) is 1.48. The molecule has 1 N–H and O–H groups in total. The first kappa shape index (κ1) is 9.87. The lowest BCUT2D eigenvalue weighted by molar-refractivity contribution is -0.509. The van der Waals surface area contributed by atoms with Gasteiger partial charge in [0.1, 0.15) is 6.07 Å². The van der Waals surface area contributed by atoms with Gasteiger partial charge in [-0.3, -0.25) is 0 Å². The molecular formula is C9H14N3O+. The second-order valence-electron chi connectivity index (χ2n) is 3.23. The lowest BCUT2D eigenvalue weighted by Gasteiger charge is -2.15. The monoisotopic (exact) mass is 180 g/mol. The maximum atomic E-state index is 10.8. The highest BCUT2D eigenvalue weighted by Gasteiger charge is 2.14. The van der Waals surface area contributed by atoms with Crippen molar-refractivity contribution in [3.05, 3.63) is 16.1 Å². The predicted octanol–water partition coefficient (Wildman–Crippen LogP) is 0.599. The molecule has 70 valence electrons. The quantitative estimate of drug-likeness (QED) is 0.500. The molecule has 0 bridgehead atoms. The van der Waals surface area contributed by atoms with Crippen LogP contribution in [-0.4, -0.2) is 31.4 Å². The Kier molecular flexibility index (Phi) is 3.59. The summed E-state index contributed by atoms with van der Waals surface area (Å²) in [4.78, 5) is 10.8. The van der Waals surface area contributed by atoms with E-state index >= 15 is 0 Å². The van der Waals surface area contributed by atoms with Crippen molar-refractivity contribution in [1.29, 1.82) is 5.26 Å². The highest BCUT2D eigenvalue weighted by molar-refractivity contribution is 5.29. The van der Waals surface area contributed by atoms with Crippen molar-refractivity contribution in [3.8, 4) is 6.07 Å². The highest BCUT2D eigenvalue weighted by atomic mass is 16.3. The normalized spacial score (nSPS) is 16.5. The minimum atomic E-state index is 0.228. The van der Waals surface area contributed by atoms with Crippen molar-refractivity contribution in [3.63, 3.8) is 0 Å². The third kappa shape index (κ3) is 2.96. The fourth-order valence-electron chi connectivity index (χ4n) is 1.48. The molecule has 1 heterocycles. The van der Waals surface area contributed by atoms with Crippen molar-refractivity contribution in [2.24, 2.45) is 0 Å². The molecule has 1 aliphatic rings. The molecule has 0 aliphatic carbocycles. The zero-order valence-electron chi connectivity index (χ0n) is 7.84. The maximum absolute atomic E-state index is 10.8. The third-order valence-corrected chi connectivity index (χ3v) is 2.15. The van der Waals surface area contributed by atoms with Crippen molar-refractivity contribution < 1.29 is 4.76 Å². The van der Waals surface area contributed by atoms with Gasteiger partial charge in [-0.2, -0.15) is 5.26 Å². The van der Waals surface area contributed by atoms with Crippen molar-refractivity contribution in [2.45, 2.75) is 12.8 Å². The van der Waals surface area contributed by atoms with Gasteiger partial charge in [-0.15, -0.1) is 0 Å². The Balaban J connectivity index is 2.71. The summed E-state index contributed by atoms with van der Waals surface area (Å²) in [7, 11) is 1.44. The molecule has 0 unspecified atom stereocenters. The van der Waals surface area contributed by atoms with E-state index in [9.17, 15) is 4.91 Å². The Morgan fingerprint density at radius 2 is 2.23 bits per heavy atom. The van der Waals surface area contributed by atoms with E-state index in [-0.39, 0.29) is 6.54 Å². The number of piperidine rings is 1. The summed E-state index contributed by atoms with van der Waals surface area (Å²) >= 11 is 0. The second kappa shape index (κ2) is 4.73. The molecule has 0 aromatic heterocycles. The van der Waals surface area contributed by atoms with Gasteiger partial charge in [0, 0.05) is 9.67 Å². The zero-order valence-corrected chi connectivity index (χ0v) is 7.84. The third-order valence-electron chi connectivity index (χ3n) is 2.15. The minimum Gasteiger partial charge on any atom is -0.316 e. The van der Waals surface area contributed by atoms with Crippen molar-refractivity contribution >= 4 is 0 Å². The molecule has 0 saturated carbocycles. The second-order valence-corrected chi connectivity index (χ2v) is 3.23. The van der Waals surface area contributed by atoms with Crippen LogP contribution >= 0.6 is 0 Å². The molecule has 1 aliphatic heterocycles. The SMILES string of the molecule is C[N+](=O)CC(C#N)=C1CCNCC1. The number of rotatable bonds is 2. The number of nitroso groups, excluding NO2 is 1. The summed E-state index contributed by atoms with van der Waals surface area (Å²) in [6.45, 7) is 2.07. The zero-order chi connectivity index (χ0) is 9.68. The Morgan fingerprint density at radius 1 is 1.62 bits per heavy atom. The van der Waals surface area contributed by atoms with Crippen LogP contribution in [0.5, 0.6) is 0 Å². The number of hydrogen-bond acceptors (Lipinski definition) is 3. The first-order valence-corrected chi connectivity index (χ1v) is 4.44. The van der Waals surface area contributed by atoms with Gasteiger partial charge in [0.05, 0.1) is 5.57 Å². The molecule has 0 aromatic carbocycles. The van der Waals surface area contributed by atoms with Crippen molar-refractivity contribution in [2.75, 3.05) is 26.7 Å². The number of hydrogen-bond donors (Lipinski definition) is 1. The summed E-state index contributed by atoms with van der Waals surface area (Å²) in [6, 6.07) is 2.11. The van der Waals surface area contributed by atoms with Crippen LogP contribution in [-0.2, 0) is 0 Å². The highest BCUT2D eigenvalue weighted by Crippen LogP contribution is 2.15. The molecule has 0 spiro atoms. The number of likely N-dealkylation sites (N-methyl/N-ethyl adjacent to an activating group) is 1. The van der Waals surface area contributed by atoms with E-state index in [4.69, 9.17) is 5.26 Å². The lowest BCUT2D eigenvalue weighted by atomic mass is 10.00. The van der Waals surface area contributed by atoms with Gasteiger partial charge in [0.25, 0.3) is 0 Å². The first-order chi connectivity index (χ1) is 6.24. The van der Waals surface area contributed by atoms with E-state index in [2.05, 4.69) is 11.4 Å². The van der Waals surface area contributed by atoms with E-state index in [1.165, 1.54) is 7.05 Å². The van der Waals surface area contributed by atoms with Crippen LogP contribution in [0.4, 0.5) is 0 Å². The largest absolute Gasteiger partial charge is 0.316 e. The molecule has 13 heavy (non-hydrogen) atoms. The van der Waals surface area contributed by atoms with Crippen LogP contribution in [0, 0.1) is 16.2 Å². The summed E-state index contributed by atoms with van der Waals surface area (Å²) in [5.41, 5.74) is 1.79. The van der Waals surface area contributed by atoms with Crippen LogP contribution in [0.25, 0.3) is 0 Å². The Hall–Kier alpha value is -1.21. The molecule has 4 nitrogen and oxygen atoms in total. The summed E-state index contributed by atoms with van der Waals surface area (Å²) in [5.74, 6) is 0. The van der Waals surface area contributed by atoms with Gasteiger partial charge in [0.15, 0.2) is 7.05 Å². The molecular weight excluding hydrogens is 166 g/mol. The predicted molar refractivity (Wildman–Crippen MR) is 49.2 cm³/mol. The van der Waals surface area contributed by atoms with E-state index in [1.807, 2.05) is 0 Å². The molecule has 0 aromatic rings. The Bertz CT molecular complexity index is 267. The van der Waals surface area contributed by atoms with Gasteiger partial charge < -0.3 is 5.32 Å². The van der Waals surface area contributed by atoms with Crippen LogP contribution in [0.15, 0.2) is 11.1 Å². The molecule has 1 saturated heterocycles. The molecule has 4 heteroatoms. The van der Waals surface area contributed by atoms with Gasteiger partial charge in [-0.25, -0.2) is 0 Å². The van der Waals surface area contributed by atoms with E-state index in [0.717, 1.165) is 36.3 Å². The molecule has 1 rings (SSSR count). The van der Waals surface area contributed by atoms with Crippen LogP contribution in [0.3, 0.4) is 0 Å². The topological polar surface area (TPSA) is 55.9 Å². The lowest BCUT2D eigenvalue weighted by Crippen LogP contribution is -2.24. The van der Waals surface area contributed by atoms with Crippen LogP contribution in [0.1, 0.15) is 12.8 Å². The van der Waals surface area contributed by atoms with E-state index in [1.54, 1.807) is 0 Å². The number of nitrogens with zero attached hydrogens (tertiary/aromatic N) is 2. The van der Waals surface area contributed by atoms with Crippen molar-refractivity contribution in [1.82, 2.24) is 5.32 Å². The molecule has 0 radical (unpaired) electrons. The fraction of sp³-hybridized carbons (Fsp3) is 0.667. The average molecular weight is 180 g/mol. The smallest absolute Gasteiger partial charge is 0.226 e. The van der Waals surface area contributed by atoms with Crippen LogP contribution < -0.4 is 5.32 Å². The first-order valence-electron chi connectivity index (χ1n) is 4.44.